The van der Waals surface area contributed by atoms with E-state index in [0.29, 0.717) is 12.8 Å². The van der Waals surface area contributed by atoms with Gasteiger partial charge in [-0.2, -0.15) is 0 Å². The minimum atomic E-state index is -0.318. The van der Waals surface area contributed by atoms with E-state index in [1.807, 2.05) is 60.7 Å². The van der Waals surface area contributed by atoms with Gasteiger partial charge in [-0.1, -0.05) is 60.7 Å². The first kappa shape index (κ1) is 13.8. The van der Waals surface area contributed by atoms with Crippen LogP contribution in [0.4, 0.5) is 0 Å². The third-order valence-corrected chi connectivity index (χ3v) is 3.15. The van der Waals surface area contributed by atoms with Crippen LogP contribution >= 0.6 is 0 Å². The molecule has 0 fully saturated rings. The van der Waals surface area contributed by atoms with E-state index in [2.05, 4.69) is 10.6 Å². The molecule has 0 saturated carbocycles. The second kappa shape index (κ2) is 7.09. The molecule has 0 unspecified atom stereocenters. The molecule has 2 atom stereocenters. The highest BCUT2D eigenvalue weighted by molar-refractivity contribution is 5.52. The fraction of sp³-hybridized carbons (Fsp3) is 0.125. The molecule has 2 N–H and O–H groups in total. The van der Waals surface area contributed by atoms with Crippen molar-refractivity contribution >= 4 is 12.8 Å². The standard InChI is InChI=1S/C16H16N2O2/c19-11-17-15(13-7-3-1-4-8-13)16(18-12-20)14-9-5-2-6-10-14/h1-12,15-16H,(H,17,19)(H,18,20)/t15-,16-/m0/s1. The quantitative estimate of drug-likeness (QED) is 0.754. The van der Waals surface area contributed by atoms with Crippen molar-refractivity contribution in [3.63, 3.8) is 0 Å². The Morgan fingerprint density at radius 2 is 1.00 bits per heavy atom. The number of nitrogens with one attached hydrogen (secondary N) is 2. The lowest BCUT2D eigenvalue weighted by atomic mass is 9.93. The van der Waals surface area contributed by atoms with Crippen LogP contribution in [0.3, 0.4) is 0 Å². The van der Waals surface area contributed by atoms with Crippen LogP contribution < -0.4 is 10.6 Å². The Bertz CT molecular complexity index is 491. The van der Waals surface area contributed by atoms with Gasteiger partial charge in [0.25, 0.3) is 0 Å². The van der Waals surface area contributed by atoms with Crippen LogP contribution in [0.2, 0.25) is 0 Å². The Morgan fingerprint density at radius 1 is 0.650 bits per heavy atom. The van der Waals surface area contributed by atoms with E-state index < -0.39 is 0 Å². The Hall–Kier alpha value is -2.62. The van der Waals surface area contributed by atoms with Crippen molar-refractivity contribution in [2.75, 3.05) is 0 Å². The molecule has 4 nitrogen and oxygen atoms in total. The molecule has 0 aliphatic carbocycles. The lowest BCUT2D eigenvalue weighted by Crippen LogP contribution is -2.34. The van der Waals surface area contributed by atoms with Crippen LogP contribution in [0.25, 0.3) is 0 Å². The lowest BCUT2D eigenvalue weighted by molar-refractivity contribution is -0.112. The topological polar surface area (TPSA) is 58.2 Å². The van der Waals surface area contributed by atoms with Gasteiger partial charge < -0.3 is 10.6 Å². The normalized spacial score (nSPS) is 13.0. The van der Waals surface area contributed by atoms with E-state index in [1.165, 1.54) is 0 Å². The molecular formula is C16H16N2O2. The zero-order valence-corrected chi connectivity index (χ0v) is 10.9. The molecule has 102 valence electrons. The molecule has 0 saturated heterocycles. The highest BCUT2D eigenvalue weighted by atomic mass is 16.1. The SMILES string of the molecule is O=CN[C@@H](c1ccccc1)[C@@H](NC=O)c1ccccc1. The fourth-order valence-corrected chi connectivity index (χ4v) is 2.24. The summed E-state index contributed by atoms with van der Waals surface area (Å²) in [4.78, 5) is 21.8. The molecule has 0 spiro atoms. The highest BCUT2D eigenvalue weighted by Gasteiger charge is 2.23. The average molecular weight is 268 g/mol. The molecular weight excluding hydrogens is 252 g/mol. The number of carbonyl (C=O) groups is 2. The molecule has 0 bridgehead atoms. The predicted octanol–water partition coefficient (Wildman–Crippen LogP) is 1.96. The summed E-state index contributed by atoms with van der Waals surface area (Å²) >= 11 is 0. The zero-order chi connectivity index (χ0) is 14.2. The maximum atomic E-state index is 10.9. The van der Waals surface area contributed by atoms with Gasteiger partial charge in [0.05, 0.1) is 12.1 Å². The van der Waals surface area contributed by atoms with Crippen LogP contribution in [-0.4, -0.2) is 12.8 Å². The van der Waals surface area contributed by atoms with Crippen molar-refractivity contribution < 1.29 is 9.59 Å². The largest absolute Gasteiger partial charge is 0.349 e. The van der Waals surface area contributed by atoms with Gasteiger partial charge in [0.15, 0.2) is 0 Å². The van der Waals surface area contributed by atoms with E-state index in [1.54, 1.807) is 0 Å². The smallest absolute Gasteiger partial charge is 0.207 e. The summed E-state index contributed by atoms with van der Waals surface area (Å²) in [6.07, 6.45) is 1.31. The molecule has 2 amide bonds. The molecule has 4 heteroatoms. The Balaban J connectivity index is 2.37. The fourth-order valence-electron chi connectivity index (χ4n) is 2.24. The Morgan fingerprint density at radius 3 is 1.30 bits per heavy atom. The van der Waals surface area contributed by atoms with Crippen LogP contribution in [0.1, 0.15) is 23.2 Å². The van der Waals surface area contributed by atoms with Crippen molar-refractivity contribution in [1.29, 1.82) is 0 Å². The van der Waals surface area contributed by atoms with E-state index in [4.69, 9.17) is 0 Å². The average Bonchev–Trinajstić information content (AvgIpc) is 2.52. The first-order chi connectivity index (χ1) is 9.86. The monoisotopic (exact) mass is 268 g/mol. The number of hydrogen-bond donors (Lipinski definition) is 2. The molecule has 0 radical (unpaired) electrons. The summed E-state index contributed by atoms with van der Waals surface area (Å²) in [6.45, 7) is 0. The number of amides is 2. The maximum Gasteiger partial charge on any atom is 0.207 e. The summed E-state index contributed by atoms with van der Waals surface area (Å²) in [7, 11) is 0. The molecule has 2 aromatic carbocycles. The summed E-state index contributed by atoms with van der Waals surface area (Å²) < 4.78 is 0. The van der Waals surface area contributed by atoms with Gasteiger partial charge in [-0.05, 0) is 11.1 Å². The molecule has 0 aromatic heterocycles. The van der Waals surface area contributed by atoms with Gasteiger partial charge >= 0.3 is 0 Å². The minimum absolute atomic E-state index is 0.318. The first-order valence-electron chi connectivity index (χ1n) is 6.36. The number of hydrogen-bond acceptors (Lipinski definition) is 2. The summed E-state index contributed by atoms with van der Waals surface area (Å²) in [5.41, 5.74) is 1.87. The molecule has 0 heterocycles. The summed E-state index contributed by atoms with van der Waals surface area (Å²) in [6, 6.07) is 18.5. The number of rotatable bonds is 7. The minimum Gasteiger partial charge on any atom is -0.349 e. The van der Waals surface area contributed by atoms with Crippen molar-refractivity contribution in [1.82, 2.24) is 10.6 Å². The second-order valence-corrected chi connectivity index (χ2v) is 4.35. The predicted molar refractivity (Wildman–Crippen MR) is 76.8 cm³/mol. The molecule has 2 aromatic rings. The molecule has 0 aliphatic rings. The molecule has 2 rings (SSSR count). The van der Waals surface area contributed by atoms with Crippen molar-refractivity contribution in [2.45, 2.75) is 12.1 Å². The van der Waals surface area contributed by atoms with Crippen molar-refractivity contribution in [2.24, 2.45) is 0 Å². The van der Waals surface area contributed by atoms with Gasteiger partial charge in [0, 0.05) is 0 Å². The summed E-state index contributed by atoms with van der Waals surface area (Å²) in [5.74, 6) is 0. The first-order valence-corrected chi connectivity index (χ1v) is 6.36. The van der Waals surface area contributed by atoms with E-state index in [0.717, 1.165) is 11.1 Å². The van der Waals surface area contributed by atoms with Crippen LogP contribution in [0.5, 0.6) is 0 Å². The van der Waals surface area contributed by atoms with Crippen LogP contribution in [0, 0.1) is 0 Å². The third kappa shape index (κ3) is 3.23. The van der Waals surface area contributed by atoms with Gasteiger partial charge in [0.1, 0.15) is 0 Å². The second-order valence-electron chi connectivity index (χ2n) is 4.35. The number of benzene rings is 2. The maximum absolute atomic E-state index is 10.9. The van der Waals surface area contributed by atoms with E-state index in [-0.39, 0.29) is 12.1 Å². The van der Waals surface area contributed by atoms with Crippen LogP contribution in [-0.2, 0) is 9.59 Å². The van der Waals surface area contributed by atoms with E-state index in [9.17, 15) is 9.59 Å². The van der Waals surface area contributed by atoms with Crippen molar-refractivity contribution in [3.05, 3.63) is 71.8 Å². The molecule has 20 heavy (non-hydrogen) atoms. The number of carbonyl (C=O) groups excluding carboxylic acids is 2. The van der Waals surface area contributed by atoms with Gasteiger partial charge in [-0.25, -0.2) is 0 Å². The third-order valence-electron chi connectivity index (χ3n) is 3.15. The Kier molecular flexibility index (Phi) is 4.89. The van der Waals surface area contributed by atoms with Gasteiger partial charge in [-0.15, -0.1) is 0 Å². The van der Waals surface area contributed by atoms with Gasteiger partial charge in [0.2, 0.25) is 12.8 Å². The zero-order valence-electron chi connectivity index (χ0n) is 10.9. The van der Waals surface area contributed by atoms with Crippen LogP contribution in [0.15, 0.2) is 60.7 Å². The lowest BCUT2D eigenvalue weighted by Gasteiger charge is -2.27. The van der Waals surface area contributed by atoms with Gasteiger partial charge in [-0.3, -0.25) is 9.59 Å². The van der Waals surface area contributed by atoms with E-state index >= 15 is 0 Å². The Labute approximate surface area is 117 Å². The molecule has 0 aliphatic heterocycles. The summed E-state index contributed by atoms with van der Waals surface area (Å²) in [5, 5.41) is 5.56. The van der Waals surface area contributed by atoms with Crippen molar-refractivity contribution in [3.8, 4) is 0 Å². The highest BCUT2D eigenvalue weighted by Crippen LogP contribution is 2.28.